The Labute approximate surface area is 95.2 Å². The fourth-order valence-corrected chi connectivity index (χ4v) is 2.16. The van der Waals surface area contributed by atoms with Crippen molar-refractivity contribution in [3.63, 3.8) is 0 Å². The molecule has 0 aliphatic carbocycles. The molecule has 5 heteroatoms. The molecule has 2 rings (SSSR count). The molecular weight excluding hydrogens is 204 g/mol. The van der Waals surface area contributed by atoms with E-state index >= 15 is 0 Å². The summed E-state index contributed by atoms with van der Waals surface area (Å²) in [5.74, 6) is 0.982. The number of Topliss-reactive ketones (excluding diaryl/α,β-unsaturated/α-hetero) is 1. The Kier molecular flexibility index (Phi) is 3.05. The number of carbonyl (C=O) groups excluding carboxylic acids is 1. The van der Waals surface area contributed by atoms with Gasteiger partial charge < -0.3 is 5.32 Å². The molecule has 1 N–H and O–H groups in total. The van der Waals surface area contributed by atoms with Crippen LogP contribution in [0, 0.1) is 0 Å². The first kappa shape index (κ1) is 11.3. The van der Waals surface area contributed by atoms with Crippen molar-refractivity contribution in [2.75, 3.05) is 6.54 Å². The standard InChI is InChI=1S/C11H18N4O/c1-3-15-10(12-8-14-15)7-9(16)11(2)5-4-6-13-11/h8,13H,3-7H2,1-2H3. The van der Waals surface area contributed by atoms with Gasteiger partial charge in [-0.3, -0.25) is 4.79 Å². The Hall–Kier alpha value is -1.23. The molecule has 1 aromatic heterocycles. The van der Waals surface area contributed by atoms with E-state index in [0.717, 1.165) is 31.8 Å². The van der Waals surface area contributed by atoms with Crippen LogP contribution in [0.15, 0.2) is 6.33 Å². The van der Waals surface area contributed by atoms with Gasteiger partial charge in [0, 0.05) is 6.54 Å². The van der Waals surface area contributed by atoms with Crippen LogP contribution in [-0.2, 0) is 17.8 Å². The number of aromatic nitrogens is 3. The van der Waals surface area contributed by atoms with Crippen molar-refractivity contribution in [1.29, 1.82) is 0 Å². The van der Waals surface area contributed by atoms with Crippen molar-refractivity contribution in [2.24, 2.45) is 0 Å². The van der Waals surface area contributed by atoms with Crippen molar-refractivity contribution in [3.8, 4) is 0 Å². The predicted octanol–water partition coefficient (Wildman–Crippen LogP) is 0.552. The highest BCUT2D eigenvalue weighted by molar-refractivity contribution is 5.89. The first-order valence-corrected chi connectivity index (χ1v) is 5.81. The molecule has 0 spiro atoms. The highest BCUT2D eigenvalue weighted by atomic mass is 16.1. The summed E-state index contributed by atoms with van der Waals surface area (Å²) in [6.07, 6.45) is 3.88. The van der Waals surface area contributed by atoms with Gasteiger partial charge in [-0.05, 0) is 33.2 Å². The minimum Gasteiger partial charge on any atom is -0.305 e. The van der Waals surface area contributed by atoms with Crippen LogP contribution < -0.4 is 5.32 Å². The summed E-state index contributed by atoms with van der Waals surface area (Å²) in [7, 11) is 0. The molecule has 0 bridgehead atoms. The van der Waals surface area contributed by atoms with Crippen LogP contribution in [0.1, 0.15) is 32.5 Å². The molecular formula is C11H18N4O. The van der Waals surface area contributed by atoms with Crippen LogP contribution in [0.2, 0.25) is 0 Å². The summed E-state index contributed by atoms with van der Waals surface area (Å²) in [4.78, 5) is 16.3. The molecule has 16 heavy (non-hydrogen) atoms. The van der Waals surface area contributed by atoms with Crippen LogP contribution in [0.5, 0.6) is 0 Å². The van der Waals surface area contributed by atoms with Crippen LogP contribution in [-0.4, -0.2) is 32.6 Å². The number of nitrogens with one attached hydrogen (secondary N) is 1. The van der Waals surface area contributed by atoms with Gasteiger partial charge in [0.05, 0.1) is 12.0 Å². The SMILES string of the molecule is CCn1ncnc1CC(=O)C1(C)CCCN1. The second kappa shape index (κ2) is 4.33. The van der Waals surface area contributed by atoms with Crippen molar-refractivity contribution < 1.29 is 4.79 Å². The Morgan fingerprint density at radius 1 is 1.69 bits per heavy atom. The van der Waals surface area contributed by atoms with Crippen molar-refractivity contribution in [2.45, 2.75) is 45.2 Å². The lowest BCUT2D eigenvalue weighted by Gasteiger charge is -2.22. The maximum absolute atomic E-state index is 12.2. The second-order valence-corrected chi connectivity index (χ2v) is 4.45. The quantitative estimate of drug-likeness (QED) is 0.808. The summed E-state index contributed by atoms with van der Waals surface area (Å²) < 4.78 is 1.77. The molecule has 1 saturated heterocycles. The third-order valence-electron chi connectivity index (χ3n) is 3.30. The molecule has 0 saturated carbocycles. The van der Waals surface area contributed by atoms with E-state index in [0.29, 0.717) is 6.42 Å². The molecule has 1 fully saturated rings. The normalized spacial score (nSPS) is 24.9. The molecule has 2 heterocycles. The third-order valence-corrected chi connectivity index (χ3v) is 3.30. The first-order valence-electron chi connectivity index (χ1n) is 5.81. The van der Waals surface area contributed by atoms with E-state index in [1.807, 2.05) is 13.8 Å². The average Bonchev–Trinajstić information content (AvgIpc) is 2.87. The van der Waals surface area contributed by atoms with Gasteiger partial charge in [-0.1, -0.05) is 0 Å². The Bertz CT molecular complexity index is 379. The molecule has 0 amide bonds. The van der Waals surface area contributed by atoms with E-state index in [2.05, 4.69) is 15.4 Å². The number of ketones is 1. The summed E-state index contributed by atoms with van der Waals surface area (Å²) >= 11 is 0. The maximum atomic E-state index is 12.2. The van der Waals surface area contributed by atoms with E-state index in [9.17, 15) is 4.79 Å². The fraction of sp³-hybridized carbons (Fsp3) is 0.727. The number of aryl methyl sites for hydroxylation is 1. The van der Waals surface area contributed by atoms with E-state index in [-0.39, 0.29) is 11.3 Å². The summed E-state index contributed by atoms with van der Waals surface area (Å²) in [5.41, 5.74) is -0.357. The molecule has 0 radical (unpaired) electrons. The highest BCUT2D eigenvalue weighted by Gasteiger charge is 2.35. The lowest BCUT2D eigenvalue weighted by molar-refractivity contribution is -0.123. The zero-order valence-corrected chi connectivity index (χ0v) is 9.86. The first-order chi connectivity index (χ1) is 7.65. The zero-order valence-electron chi connectivity index (χ0n) is 9.86. The fourth-order valence-electron chi connectivity index (χ4n) is 2.16. The predicted molar refractivity (Wildman–Crippen MR) is 60.0 cm³/mol. The second-order valence-electron chi connectivity index (χ2n) is 4.45. The molecule has 1 unspecified atom stereocenters. The van der Waals surface area contributed by atoms with Crippen LogP contribution in [0.25, 0.3) is 0 Å². The van der Waals surface area contributed by atoms with Crippen molar-refractivity contribution >= 4 is 5.78 Å². The number of nitrogens with zero attached hydrogens (tertiary/aromatic N) is 3. The van der Waals surface area contributed by atoms with E-state index in [1.54, 1.807) is 4.68 Å². The largest absolute Gasteiger partial charge is 0.305 e. The molecule has 1 aliphatic heterocycles. The minimum absolute atomic E-state index is 0.215. The van der Waals surface area contributed by atoms with Crippen molar-refractivity contribution in [1.82, 2.24) is 20.1 Å². The molecule has 0 aromatic carbocycles. The van der Waals surface area contributed by atoms with E-state index < -0.39 is 0 Å². The molecule has 88 valence electrons. The Balaban J connectivity index is 2.07. The number of hydrogen-bond acceptors (Lipinski definition) is 4. The van der Waals surface area contributed by atoms with Crippen molar-refractivity contribution in [3.05, 3.63) is 12.2 Å². The topological polar surface area (TPSA) is 59.8 Å². The summed E-state index contributed by atoms with van der Waals surface area (Å²) in [5, 5.41) is 7.35. The number of hydrogen-bond donors (Lipinski definition) is 1. The van der Waals surface area contributed by atoms with Gasteiger partial charge in [-0.25, -0.2) is 9.67 Å². The van der Waals surface area contributed by atoms with Gasteiger partial charge in [0.25, 0.3) is 0 Å². The third kappa shape index (κ3) is 2.00. The molecule has 1 aromatic rings. The smallest absolute Gasteiger partial charge is 0.160 e. The van der Waals surface area contributed by atoms with E-state index in [4.69, 9.17) is 0 Å². The van der Waals surface area contributed by atoms with Gasteiger partial charge in [0.2, 0.25) is 0 Å². The molecule has 1 atom stereocenters. The molecule has 1 aliphatic rings. The zero-order chi connectivity index (χ0) is 11.6. The van der Waals surface area contributed by atoms with Crippen LogP contribution in [0.3, 0.4) is 0 Å². The molecule has 5 nitrogen and oxygen atoms in total. The Morgan fingerprint density at radius 2 is 2.50 bits per heavy atom. The average molecular weight is 222 g/mol. The van der Waals surface area contributed by atoms with Gasteiger partial charge >= 0.3 is 0 Å². The van der Waals surface area contributed by atoms with Gasteiger partial charge in [-0.15, -0.1) is 0 Å². The Morgan fingerprint density at radius 3 is 3.12 bits per heavy atom. The minimum atomic E-state index is -0.357. The lowest BCUT2D eigenvalue weighted by Crippen LogP contribution is -2.45. The summed E-state index contributed by atoms with van der Waals surface area (Å²) in [6.45, 7) is 5.67. The van der Waals surface area contributed by atoms with Gasteiger partial charge in [0.15, 0.2) is 5.78 Å². The number of rotatable bonds is 4. The van der Waals surface area contributed by atoms with Gasteiger partial charge in [0.1, 0.15) is 12.2 Å². The monoisotopic (exact) mass is 222 g/mol. The van der Waals surface area contributed by atoms with E-state index in [1.165, 1.54) is 6.33 Å². The maximum Gasteiger partial charge on any atom is 0.160 e. The van der Waals surface area contributed by atoms with Gasteiger partial charge in [-0.2, -0.15) is 5.10 Å². The highest BCUT2D eigenvalue weighted by Crippen LogP contribution is 2.20. The van der Waals surface area contributed by atoms with Crippen LogP contribution in [0.4, 0.5) is 0 Å². The van der Waals surface area contributed by atoms with Crippen LogP contribution >= 0.6 is 0 Å². The lowest BCUT2D eigenvalue weighted by atomic mass is 9.92. The number of carbonyl (C=O) groups is 1. The summed E-state index contributed by atoms with van der Waals surface area (Å²) in [6, 6.07) is 0.